The fourth-order valence-corrected chi connectivity index (χ4v) is 4.87. The molecular weight excluding hydrogens is 580 g/mol. The van der Waals surface area contributed by atoms with Gasteiger partial charge in [0.15, 0.2) is 0 Å². The quantitative estimate of drug-likeness (QED) is 0.188. The summed E-state index contributed by atoms with van der Waals surface area (Å²) in [5.41, 5.74) is -1.88. The fraction of sp³-hybridized carbons (Fsp3) is 0.818. The lowest BCUT2D eigenvalue weighted by Gasteiger charge is -2.36. The average molecular weight is 641 g/mol. The number of ether oxygens (including phenoxy) is 4. The number of rotatable bonds is 11. The van der Waals surface area contributed by atoms with Gasteiger partial charge in [0.25, 0.3) is 0 Å². The summed E-state index contributed by atoms with van der Waals surface area (Å²) in [5, 5.41) is 0. The Morgan fingerprint density at radius 2 is 0.933 bits per heavy atom. The number of carbonyl (C=O) groups is 4. The van der Waals surface area contributed by atoms with Crippen molar-refractivity contribution in [1.29, 1.82) is 0 Å². The van der Waals surface area contributed by atoms with Crippen LogP contribution < -0.4 is 0 Å². The van der Waals surface area contributed by atoms with E-state index >= 15 is 0 Å². The molecule has 1 rings (SSSR count). The summed E-state index contributed by atoms with van der Waals surface area (Å²) < 4.78 is 22.0. The van der Waals surface area contributed by atoms with E-state index in [1.54, 1.807) is 6.08 Å². The van der Waals surface area contributed by atoms with Crippen LogP contribution in [0.2, 0.25) is 0 Å². The molecule has 1 aliphatic rings. The Bertz CT molecular complexity index is 921. The highest BCUT2D eigenvalue weighted by Crippen LogP contribution is 2.14. The second-order valence-electron chi connectivity index (χ2n) is 14.5. The molecule has 0 aromatic rings. The van der Waals surface area contributed by atoms with E-state index in [4.69, 9.17) is 18.9 Å². The van der Waals surface area contributed by atoms with E-state index in [1.807, 2.05) is 77.0 Å². The van der Waals surface area contributed by atoms with Crippen molar-refractivity contribution < 1.29 is 38.1 Å². The van der Waals surface area contributed by atoms with Crippen LogP contribution in [0.5, 0.6) is 0 Å². The molecule has 1 fully saturated rings. The van der Waals surface area contributed by atoms with Crippen LogP contribution in [-0.2, 0) is 38.1 Å². The van der Waals surface area contributed by atoms with Crippen LogP contribution in [0, 0.1) is 0 Å². The standard InChI is InChI=1S/C33H60N4O8/c1-12-13-14-26(30(41)42-11)37-21-19-35(24-28(39)44-32(5,6)7)17-15-34(23-27(38)43-31(2,3)4)16-18-36(20-22-37)25-29(40)45-33(8,9)10/h12,26H,1,13-25H2,2-11H3/t26-/m0/s1. The first kappa shape index (κ1) is 40.5. The first-order chi connectivity index (χ1) is 20.7. The van der Waals surface area contributed by atoms with E-state index in [1.165, 1.54) is 7.11 Å². The third kappa shape index (κ3) is 18.9. The lowest BCUT2D eigenvalue weighted by atomic mass is 10.1. The maximum Gasteiger partial charge on any atom is 0.323 e. The van der Waals surface area contributed by atoms with Gasteiger partial charge >= 0.3 is 23.9 Å². The highest BCUT2D eigenvalue weighted by molar-refractivity contribution is 5.75. The predicted octanol–water partition coefficient (Wildman–Crippen LogP) is 2.74. The van der Waals surface area contributed by atoms with Gasteiger partial charge in [-0.3, -0.25) is 38.8 Å². The van der Waals surface area contributed by atoms with Crippen LogP contribution in [0.1, 0.15) is 75.2 Å². The smallest absolute Gasteiger partial charge is 0.323 e. The summed E-state index contributed by atoms with van der Waals surface area (Å²) in [6, 6.07) is -0.522. The molecule has 0 saturated carbocycles. The summed E-state index contributed by atoms with van der Waals surface area (Å²) in [4.78, 5) is 59.5. The first-order valence-corrected chi connectivity index (χ1v) is 16.0. The Hall–Kier alpha value is -2.54. The molecule has 0 aromatic carbocycles. The molecule has 45 heavy (non-hydrogen) atoms. The minimum Gasteiger partial charge on any atom is -0.468 e. The van der Waals surface area contributed by atoms with Crippen molar-refractivity contribution in [3.05, 3.63) is 12.7 Å². The Kier molecular flexibility index (Phi) is 16.7. The van der Waals surface area contributed by atoms with Crippen LogP contribution in [0.25, 0.3) is 0 Å². The van der Waals surface area contributed by atoms with Gasteiger partial charge in [-0.15, -0.1) is 6.58 Å². The van der Waals surface area contributed by atoms with Crippen LogP contribution in [0.3, 0.4) is 0 Å². The lowest BCUT2D eigenvalue weighted by molar-refractivity contribution is -0.159. The van der Waals surface area contributed by atoms with Crippen molar-refractivity contribution in [2.24, 2.45) is 0 Å². The molecule has 0 N–H and O–H groups in total. The van der Waals surface area contributed by atoms with Gasteiger partial charge in [-0.25, -0.2) is 0 Å². The normalized spacial score (nSPS) is 18.2. The summed E-state index contributed by atoms with van der Waals surface area (Å²) >= 11 is 0. The molecule has 0 bridgehead atoms. The molecule has 1 aliphatic heterocycles. The molecule has 1 atom stereocenters. The van der Waals surface area contributed by atoms with Crippen LogP contribution in [0.15, 0.2) is 12.7 Å². The van der Waals surface area contributed by atoms with Gasteiger partial charge in [0.2, 0.25) is 0 Å². The monoisotopic (exact) mass is 640 g/mol. The number of nitrogens with zero attached hydrogens (tertiary/aromatic N) is 4. The number of hydrogen-bond donors (Lipinski definition) is 0. The van der Waals surface area contributed by atoms with E-state index in [2.05, 4.69) is 11.5 Å². The summed E-state index contributed by atoms with van der Waals surface area (Å²) in [5.74, 6) is -1.38. The maximum absolute atomic E-state index is 12.9. The molecule has 1 saturated heterocycles. The fourth-order valence-electron chi connectivity index (χ4n) is 4.87. The second-order valence-corrected chi connectivity index (χ2v) is 14.5. The first-order valence-electron chi connectivity index (χ1n) is 16.0. The van der Waals surface area contributed by atoms with E-state index in [0.717, 1.165) is 0 Å². The van der Waals surface area contributed by atoms with Gasteiger partial charge in [-0.2, -0.15) is 0 Å². The number of carbonyl (C=O) groups excluding carboxylic acids is 4. The number of allylic oxidation sites excluding steroid dienone is 1. The van der Waals surface area contributed by atoms with Crippen molar-refractivity contribution >= 4 is 23.9 Å². The molecular formula is C33H60N4O8. The van der Waals surface area contributed by atoms with Gasteiger partial charge in [0, 0.05) is 52.4 Å². The number of methoxy groups -OCH3 is 1. The highest BCUT2D eigenvalue weighted by Gasteiger charge is 2.30. The van der Waals surface area contributed by atoms with Crippen LogP contribution >= 0.6 is 0 Å². The molecule has 0 spiro atoms. The predicted molar refractivity (Wildman–Crippen MR) is 174 cm³/mol. The molecule has 1 heterocycles. The zero-order valence-electron chi connectivity index (χ0n) is 29.6. The van der Waals surface area contributed by atoms with Crippen molar-refractivity contribution in [2.45, 2.75) is 98.0 Å². The third-order valence-corrected chi connectivity index (χ3v) is 6.75. The molecule has 12 nitrogen and oxygen atoms in total. The van der Waals surface area contributed by atoms with E-state index < -0.39 is 22.8 Å². The zero-order valence-corrected chi connectivity index (χ0v) is 29.6. The van der Waals surface area contributed by atoms with E-state index in [-0.39, 0.29) is 43.5 Å². The van der Waals surface area contributed by atoms with Crippen molar-refractivity contribution in [1.82, 2.24) is 19.6 Å². The van der Waals surface area contributed by atoms with E-state index in [9.17, 15) is 19.2 Å². The average Bonchev–Trinajstić information content (AvgIpc) is 2.86. The molecule has 0 aliphatic carbocycles. The van der Waals surface area contributed by atoms with Crippen LogP contribution in [0.4, 0.5) is 0 Å². The Morgan fingerprint density at radius 1 is 0.622 bits per heavy atom. The van der Waals surface area contributed by atoms with Crippen molar-refractivity contribution in [3.63, 3.8) is 0 Å². The minimum absolute atomic E-state index is 0.0612. The van der Waals surface area contributed by atoms with Gasteiger partial charge in [-0.1, -0.05) is 6.08 Å². The second kappa shape index (κ2) is 18.6. The van der Waals surface area contributed by atoms with Gasteiger partial charge in [0.1, 0.15) is 22.8 Å². The Balaban J connectivity index is 3.36. The van der Waals surface area contributed by atoms with Gasteiger partial charge in [0.05, 0.1) is 26.7 Å². The minimum atomic E-state index is -0.628. The molecule has 0 amide bonds. The maximum atomic E-state index is 12.9. The Morgan fingerprint density at radius 3 is 1.20 bits per heavy atom. The summed E-state index contributed by atoms with van der Waals surface area (Å²) in [6.45, 7) is 24.2. The van der Waals surface area contributed by atoms with Gasteiger partial charge < -0.3 is 18.9 Å². The van der Waals surface area contributed by atoms with Gasteiger partial charge in [-0.05, 0) is 75.2 Å². The van der Waals surface area contributed by atoms with Crippen molar-refractivity contribution in [2.75, 3.05) is 79.1 Å². The molecule has 0 unspecified atom stereocenters. The molecule has 0 radical (unpaired) electrons. The zero-order chi connectivity index (χ0) is 34.4. The third-order valence-electron chi connectivity index (χ3n) is 6.75. The largest absolute Gasteiger partial charge is 0.468 e. The lowest BCUT2D eigenvalue weighted by Crippen LogP contribution is -2.52. The summed E-state index contributed by atoms with van der Waals surface area (Å²) in [7, 11) is 1.38. The number of hydrogen-bond acceptors (Lipinski definition) is 12. The molecule has 0 aromatic heterocycles. The highest BCUT2D eigenvalue weighted by atomic mass is 16.6. The van der Waals surface area contributed by atoms with E-state index in [0.29, 0.717) is 65.2 Å². The van der Waals surface area contributed by atoms with Crippen molar-refractivity contribution in [3.8, 4) is 0 Å². The van der Waals surface area contributed by atoms with Crippen LogP contribution in [-0.4, -0.2) is 145 Å². The molecule has 260 valence electrons. The number of esters is 4. The Labute approximate surface area is 271 Å². The topological polar surface area (TPSA) is 118 Å². The SMILES string of the molecule is C=CCC[C@@H](C(=O)OC)N1CCN(CC(=O)OC(C)(C)C)CCN(CC(=O)OC(C)(C)C)CCN(CC(=O)OC(C)(C)C)CC1. The summed E-state index contributed by atoms with van der Waals surface area (Å²) in [6.07, 6.45) is 2.92. The molecule has 12 heteroatoms.